The summed E-state index contributed by atoms with van der Waals surface area (Å²) in [6.45, 7) is 5.95. The van der Waals surface area contributed by atoms with Gasteiger partial charge in [-0.15, -0.1) is 11.8 Å². The lowest BCUT2D eigenvalue weighted by Gasteiger charge is -2.24. The Labute approximate surface area is 235 Å². The molecule has 5 rings (SSSR count). The molecule has 206 valence electrons. The molecule has 0 radical (unpaired) electrons. The number of aromatic nitrogens is 3. The second-order valence-corrected chi connectivity index (χ2v) is 11.6. The van der Waals surface area contributed by atoms with Gasteiger partial charge in [0.05, 0.1) is 22.4 Å². The number of fused-ring (bicyclic) bond motifs is 1. The van der Waals surface area contributed by atoms with E-state index in [1.54, 1.807) is 53.5 Å². The van der Waals surface area contributed by atoms with E-state index in [4.69, 9.17) is 5.10 Å². The lowest BCUT2D eigenvalue weighted by atomic mass is 9.87. The first-order chi connectivity index (χ1) is 19.1. The van der Waals surface area contributed by atoms with Crippen molar-refractivity contribution in [3.8, 4) is 5.69 Å². The van der Waals surface area contributed by atoms with Crippen LogP contribution < -0.4 is 10.2 Å². The van der Waals surface area contributed by atoms with Gasteiger partial charge < -0.3 is 5.32 Å². The van der Waals surface area contributed by atoms with Gasteiger partial charge >= 0.3 is 0 Å². The SMILES string of the molecule is CC(C)(C)c1nn(-c2ccc(F)cc2)c2c1[C@H](c1ccccc1F)SCC(=O)N2CC(=O)NCc1cccnc1. The molecule has 2 amide bonds. The Bertz CT molecular complexity index is 1530. The smallest absolute Gasteiger partial charge is 0.240 e. The Balaban J connectivity index is 1.66. The average Bonchev–Trinajstić information content (AvgIpc) is 3.27. The maximum absolute atomic E-state index is 15.2. The minimum atomic E-state index is -0.563. The minimum Gasteiger partial charge on any atom is -0.350 e. The predicted octanol–water partition coefficient (Wildman–Crippen LogP) is 5.33. The fraction of sp³-hybridized carbons (Fsp3) is 0.267. The number of halogens is 2. The van der Waals surface area contributed by atoms with Crippen molar-refractivity contribution in [2.24, 2.45) is 0 Å². The molecule has 4 aromatic rings. The summed E-state index contributed by atoms with van der Waals surface area (Å²) in [7, 11) is 0. The fourth-order valence-electron chi connectivity index (χ4n) is 4.67. The van der Waals surface area contributed by atoms with Gasteiger partial charge in [0, 0.05) is 35.5 Å². The third kappa shape index (κ3) is 5.62. The maximum atomic E-state index is 15.2. The van der Waals surface area contributed by atoms with Crippen LogP contribution in [0.3, 0.4) is 0 Å². The molecule has 0 bridgehead atoms. The fourth-order valence-corrected chi connectivity index (χ4v) is 5.89. The third-order valence-corrected chi connectivity index (χ3v) is 7.81. The molecule has 1 aliphatic rings. The first-order valence-electron chi connectivity index (χ1n) is 12.8. The molecule has 2 aromatic carbocycles. The van der Waals surface area contributed by atoms with Gasteiger partial charge in [0.2, 0.25) is 11.8 Å². The van der Waals surface area contributed by atoms with Gasteiger partial charge in [-0.3, -0.25) is 19.5 Å². The van der Waals surface area contributed by atoms with E-state index < -0.39 is 22.3 Å². The van der Waals surface area contributed by atoms with Crippen LogP contribution in [0.25, 0.3) is 5.69 Å². The number of hydrogen-bond acceptors (Lipinski definition) is 5. The van der Waals surface area contributed by atoms with Crippen LogP contribution in [0.4, 0.5) is 14.6 Å². The molecule has 1 aliphatic heterocycles. The number of rotatable bonds is 6. The molecule has 0 spiro atoms. The lowest BCUT2D eigenvalue weighted by Crippen LogP contribution is -2.42. The normalized spacial score (nSPS) is 15.5. The Hall–Kier alpha value is -4.05. The molecule has 1 N–H and O–H groups in total. The zero-order valence-electron chi connectivity index (χ0n) is 22.4. The summed E-state index contributed by atoms with van der Waals surface area (Å²) in [5.74, 6) is -1.10. The van der Waals surface area contributed by atoms with Crippen molar-refractivity contribution in [3.05, 3.63) is 107 Å². The van der Waals surface area contributed by atoms with Gasteiger partial charge in [-0.25, -0.2) is 13.5 Å². The number of anilines is 1. The Morgan fingerprint density at radius 3 is 2.50 bits per heavy atom. The quantitative estimate of drug-likeness (QED) is 0.344. The lowest BCUT2D eigenvalue weighted by molar-refractivity contribution is -0.123. The van der Waals surface area contributed by atoms with E-state index >= 15 is 4.39 Å². The standard InChI is InChI=1S/C30H29F2N5O2S/c1-30(2,3)28-26-27(22-8-4-5-9-23(22)32)40-18-25(39)36(17-24(38)34-16-19-7-6-14-33-15-19)29(26)37(35-28)21-12-10-20(31)11-13-21/h4-15,27H,16-18H2,1-3H3,(H,34,38)/t27-/m0/s1. The van der Waals surface area contributed by atoms with E-state index in [-0.39, 0.29) is 30.7 Å². The zero-order chi connectivity index (χ0) is 28.4. The van der Waals surface area contributed by atoms with E-state index in [1.165, 1.54) is 34.9 Å². The number of pyridine rings is 1. The van der Waals surface area contributed by atoms with Crippen molar-refractivity contribution in [3.63, 3.8) is 0 Å². The van der Waals surface area contributed by atoms with Crippen molar-refractivity contribution in [2.75, 3.05) is 17.2 Å². The Morgan fingerprint density at radius 2 is 1.82 bits per heavy atom. The number of benzene rings is 2. The van der Waals surface area contributed by atoms with Crippen LogP contribution >= 0.6 is 11.8 Å². The maximum Gasteiger partial charge on any atom is 0.240 e. The van der Waals surface area contributed by atoms with Crippen LogP contribution in [0, 0.1) is 11.6 Å². The molecule has 3 heterocycles. The van der Waals surface area contributed by atoms with Gasteiger partial charge in [0.15, 0.2) is 0 Å². The van der Waals surface area contributed by atoms with Crippen LogP contribution in [-0.4, -0.2) is 38.9 Å². The van der Waals surface area contributed by atoms with Crippen LogP contribution in [0.15, 0.2) is 73.1 Å². The molecule has 10 heteroatoms. The molecule has 40 heavy (non-hydrogen) atoms. The summed E-state index contributed by atoms with van der Waals surface area (Å²) >= 11 is 1.30. The summed E-state index contributed by atoms with van der Waals surface area (Å²) in [6.07, 6.45) is 3.31. The third-order valence-electron chi connectivity index (χ3n) is 6.57. The second-order valence-electron chi connectivity index (χ2n) is 10.6. The van der Waals surface area contributed by atoms with E-state index in [0.717, 1.165) is 5.56 Å². The highest BCUT2D eigenvalue weighted by atomic mass is 32.2. The zero-order valence-corrected chi connectivity index (χ0v) is 23.2. The van der Waals surface area contributed by atoms with Gasteiger partial charge in [-0.05, 0) is 42.0 Å². The first kappa shape index (κ1) is 27.5. The molecule has 0 fully saturated rings. The summed E-state index contributed by atoms with van der Waals surface area (Å²) in [5, 5.41) is 7.21. The second kappa shape index (κ2) is 11.2. The number of nitrogens with one attached hydrogen (secondary N) is 1. The topological polar surface area (TPSA) is 80.1 Å². The predicted molar refractivity (Wildman–Crippen MR) is 151 cm³/mol. The molecule has 1 atom stereocenters. The van der Waals surface area contributed by atoms with Crippen molar-refractivity contribution < 1.29 is 18.4 Å². The average molecular weight is 562 g/mol. The highest BCUT2D eigenvalue weighted by Gasteiger charge is 2.40. The van der Waals surface area contributed by atoms with Crippen molar-refractivity contribution in [2.45, 2.75) is 38.0 Å². The summed E-state index contributed by atoms with van der Waals surface area (Å²) in [4.78, 5) is 32.3. The van der Waals surface area contributed by atoms with Crippen LogP contribution in [0.1, 0.15) is 48.4 Å². The Kier molecular flexibility index (Phi) is 7.71. The summed E-state index contributed by atoms with van der Waals surface area (Å²) in [6, 6.07) is 15.9. The summed E-state index contributed by atoms with van der Waals surface area (Å²) < 4.78 is 30.7. The first-order valence-corrected chi connectivity index (χ1v) is 13.9. The number of amides is 2. The number of hydrogen-bond donors (Lipinski definition) is 1. The van der Waals surface area contributed by atoms with E-state index in [9.17, 15) is 14.0 Å². The molecular formula is C30H29F2N5O2S. The number of carbonyl (C=O) groups excluding carboxylic acids is 2. The molecular weight excluding hydrogens is 532 g/mol. The van der Waals surface area contributed by atoms with Gasteiger partial charge in [0.25, 0.3) is 0 Å². The molecule has 0 aliphatic carbocycles. The largest absolute Gasteiger partial charge is 0.350 e. The van der Waals surface area contributed by atoms with E-state index in [0.29, 0.717) is 28.3 Å². The Morgan fingerprint density at radius 1 is 1.07 bits per heavy atom. The van der Waals surface area contributed by atoms with Crippen LogP contribution in [0.5, 0.6) is 0 Å². The minimum absolute atomic E-state index is 0.0244. The van der Waals surface area contributed by atoms with Crippen LogP contribution in [0.2, 0.25) is 0 Å². The monoisotopic (exact) mass is 561 g/mol. The van der Waals surface area contributed by atoms with E-state index in [2.05, 4.69) is 10.3 Å². The van der Waals surface area contributed by atoms with Crippen molar-refractivity contribution >= 4 is 29.4 Å². The molecule has 0 saturated heterocycles. The molecule has 2 aromatic heterocycles. The highest BCUT2D eigenvalue weighted by molar-refractivity contribution is 8.00. The van der Waals surface area contributed by atoms with Crippen molar-refractivity contribution in [1.29, 1.82) is 0 Å². The molecule has 0 saturated carbocycles. The highest BCUT2D eigenvalue weighted by Crippen LogP contribution is 2.48. The number of nitrogens with zero attached hydrogens (tertiary/aromatic N) is 4. The number of thioether (sulfide) groups is 1. The van der Waals surface area contributed by atoms with E-state index in [1.807, 2.05) is 26.8 Å². The van der Waals surface area contributed by atoms with Gasteiger partial charge in [-0.1, -0.05) is 45.0 Å². The number of carbonyl (C=O) groups is 2. The summed E-state index contributed by atoms with van der Waals surface area (Å²) in [5.41, 5.74) is 2.57. The molecule has 0 unspecified atom stereocenters. The molecule has 7 nitrogen and oxygen atoms in total. The van der Waals surface area contributed by atoms with Crippen LogP contribution in [-0.2, 0) is 21.5 Å². The van der Waals surface area contributed by atoms with Crippen molar-refractivity contribution in [1.82, 2.24) is 20.1 Å². The van der Waals surface area contributed by atoms with Gasteiger partial charge in [0.1, 0.15) is 24.0 Å². The van der Waals surface area contributed by atoms with Gasteiger partial charge in [-0.2, -0.15) is 5.10 Å².